The molecule has 3 aromatic carbocycles. The molecule has 0 aliphatic carbocycles. The van der Waals surface area contributed by atoms with E-state index in [0.29, 0.717) is 17.1 Å². The van der Waals surface area contributed by atoms with Crippen LogP contribution < -0.4 is 15.5 Å². The number of anilines is 1. The van der Waals surface area contributed by atoms with E-state index in [-0.39, 0.29) is 18.4 Å². The predicted octanol–water partition coefficient (Wildman–Crippen LogP) is 3.72. The van der Waals surface area contributed by atoms with Crippen molar-refractivity contribution >= 4 is 34.0 Å². The monoisotopic (exact) mass is 375 g/mol. The Balaban J connectivity index is 1.57. The third kappa shape index (κ3) is 5.17. The van der Waals surface area contributed by atoms with Gasteiger partial charge in [-0.25, -0.2) is 5.43 Å². The molecule has 0 fully saturated rings. The van der Waals surface area contributed by atoms with Gasteiger partial charge in [0.15, 0.2) is 6.61 Å². The molecule has 2 amide bonds. The summed E-state index contributed by atoms with van der Waals surface area (Å²) in [5, 5.41) is 8.98. The van der Waals surface area contributed by atoms with Gasteiger partial charge in [0.1, 0.15) is 5.75 Å². The molecule has 0 radical (unpaired) electrons. The highest BCUT2D eigenvalue weighted by molar-refractivity contribution is 6.00. The van der Waals surface area contributed by atoms with Gasteiger partial charge in [0.2, 0.25) is 5.91 Å². The highest BCUT2D eigenvalue weighted by Crippen LogP contribution is 2.20. The number of rotatable bonds is 6. The molecular weight excluding hydrogens is 354 g/mol. The van der Waals surface area contributed by atoms with Crippen LogP contribution in [-0.2, 0) is 9.59 Å². The van der Waals surface area contributed by atoms with Gasteiger partial charge in [-0.1, -0.05) is 42.5 Å². The molecular formula is C22H21N3O3. The average molecular weight is 375 g/mol. The van der Waals surface area contributed by atoms with E-state index in [0.717, 1.165) is 16.3 Å². The smallest absolute Gasteiger partial charge is 0.277 e. The van der Waals surface area contributed by atoms with Crippen LogP contribution in [0.3, 0.4) is 0 Å². The summed E-state index contributed by atoms with van der Waals surface area (Å²) >= 11 is 0. The third-order valence-electron chi connectivity index (χ3n) is 4.04. The summed E-state index contributed by atoms with van der Waals surface area (Å²) in [5.41, 5.74) is 4.57. The number of hydrogen-bond donors (Lipinski definition) is 2. The SMILES string of the molecule is CC(=O)Nc1cccc(/C(C)=N/NC(=O)COc2ccc3ccccc3c2)c1. The molecule has 28 heavy (non-hydrogen) atoms. The Bertz CT molecular complexity index is 1040. The summed E-state index contributed by atoms with van der Waals surface area (Å²) in [6, 6.07) is 20.8. The molecule has 3 aromatic rings. The summed E-state index contributed by atoms with van der Waals surface area (Å²) in [6.07, 6.45) is 0. The highest BCUT2D eigenvalue weighted by Gasteiger charge is 2.05. The summed E-state index contributed by atoms with van der Waals surface area (Å²) in [6.45, 7) is 3.09. The third-order valence-corrected chi connectivity index (χ3v) is 4.04. The largest absolute Gasteiger partial charge is 0.484 e. The fourth-order valence-corrected chi connectivity index (χ4v) is 2.67. The lowest BCUT2D eigenvalue weighted by Gasteiger charge is -2.08. The normalized spacial score (nSPS) is 11.1. The number of hydrogen-bond acceptors (Lipinski definition) is 4. The van der Waals surface area contributed by atoms with Crippen LogP contribution in [0.1, 0.15) is 19.4 Å². The lowest BCUT2D eigenvalue weighted by atomic mass is 10.1. The fourth-order valence-electron chi connectivity index (χ4n) is 2.67. The van der Waals surface area contributed by atoms with Crippen molar-refractivity contribution in [3.05, 3.63) is 72.3 Å². The van der Waals surface area contributed by atoms with E-state index in [9.17, 15) is 9.59 Å². The second-order valence-corrected chi connectivity index (χ2v) is 6.29. The number of carbonyl (C=O) groups excluding carboxylic acids is 2. The molecule has 0 atom stereocenters. The van der Waals surface area contributed by atoms with Crippen molar-refractivity contribution in [2.24, 2.45) is 5.10 Å². The first-order valence-corrected chi connectivity index (χ1v) is 8.84. The van der Waals surface area contributed by atoms with Crippen molar-refractivity contribution in [1.82, 2.24) is 5.43 Å². The van der Waals surface area contributed by atoms with Crippen molar-refractivity contribution in [1.29, 1.82) is 0 Å². The maximum Gasteiger partial charge on any atom is 0.277 e. The summed E-state index contributed by atoms with van der Waals surface area (Å²) in [5.74, 6) is 0.119. The van der Waals surface area contributed by atoms with Crippen LogP contribution in [-0.4, -0.2) is 24.1 Å². The number of carbonyl (C=O) groups is 2. The zero-order chi connectivity index (χ0) is 19.9. The van der Waals surface area contributed by atoms with Gasteiger partial charge >= 0.3 is 0 Å². The molecule has 142 valence electrons. The van der Waals surface area contributed by atoms with Crippen LogP contribution in [0.5, 0.6) is 5.75 Å². The Morgan fingerprint density at radius 1 is 0.929 bits per heavy atom. The molecule has 0 bridgehead atoms. The molecule has 0 unspecified atom stereocenters. The van der Waals surface area contributed by atoms with Crippen LogP contribution >= 0.6 is 0 Å². The number of ether oxygens (including phenoxy) is 1. The molecule has 6 nitrogen and oxygen atoms in total. The maximum atomic E-state index is 12.0. The zero-order valence-electron chi connectivity index (χ0n) is 15.7. The van der Waals surface area contributed by atoms with E-state index in [2.05, 4.69) is 15.8 Å². The van der Waals surface area contributed by atoms with Crippen molar-refractivity contribution < 1.29 is 14.3 Å². The minimum Gasteiger partial charge on any atom is -0.484 e. The summed E-state index contributed by atoms with van der Waals surface area (Å²) < 4.78 is 5.55. The zero-order valence-corrected chi connectivity index (χ0v) is 15.7. The lowest BCUT2D eigenvalue weighted by molar-refractivity contribution is -0.123. The van der Waals surface area contributed by atoms with Crippen LogP contribution in [0.2, 0.25) is 0 Å². The van der Waals surface area contributed by atoms with Gasteiger partial charge in [-0.15, -0.1) is 0 Å². The Kier molecular flexibility index (Phi) is 6.01. The summed E-state index contributed by atoms with van der Waals surface area (Å²) in [4.78, 5) is 23.2. The molecule has 0 spiro atoms. The van der Waals surface area contributed by atoms with Crippen LogP contribution in [0.25, 0.3) is 10.8 Å². The van der Waals surface area contributed by atoms with Gasteiger partial charge < -0.3 is 10.1 Å². The molecule has 6 heteroatoms. The summed E-state index contributed by atoms with van der Waals surface area (Å²) in [7, 11) is 0. The molecule has 3 rings (SSSR count). The van der Waals surface area contributed by atoms with Gasteiger partial charge in [0.05, 0.1) is 5.71 Å². The second-order valence-electron chi connectivity index (χ2n) is 6.29. The van der Waals surface area contributed by atoms with Gasteiger partial charge in [-0.3, -0.25) is 9.59 Å². The number of hydrazone groups is 1. The minimum atomic E-state index is -0.356. The number of nitrogens with zero attached hydrogens (tertiary/aromatic N) is 1. The van der Waals surface area contributed by atoms with E-state index in [1.54, 1.807) is 19.1 Å². The van der Waals surface area contributed by atoms with Crippen LogP contribution in [0.4, 0.5) is 5.69 Å². The van der Waals surface area contributed by atoms with Crippen LogP contribution in [0.15, 0.2) is 71.8 Å². The van der Waals surface area contributed by atoms with Crippen LogP contribution in [0, 0.1) is 0 Å². The second kappa shape index (κ2) is 8.81. The van der Waals surface area contributed by atoms with Gasteiger partial charge in [0, 0.05) is 12.6 Å². The molecule has 2 N–H and O–H groups in total. The Morgan fingerprint density at radius 3 is 2.50 bits per heavy atom. The average Bonchev–Trinajstić information content (AvgIpc) is 2.70. The Morgan fingerprint density at radius 2 is 1.71 bits per heavy atom. The Hall–Kier alpha value is -3.67. The van der Waals surface area contributed by atoms with E-state index in [4.69, 9.17) is 4.74 Å². The molecule has 0 heterocycles. The van der Waals surface area contributed by atoms with Crippen molar-refractivity contribution in [2.45, 2.75) is 13.8 Å². The minimum absolute atomic E-state index is 0.138. The molecule has 0 aliphatic rings. The topological polar surface area (TPSA) is 79.8 Å². The number of nitrogens with one attached hydrogen (secondary N) is 2. The number of benzene rings is 3. The van der Waals surface area contributed by atoms with E-state index >= 15 is 0 Å². The molecule has 0 saturated carbocycles. The molecule has 0 aromatic heterocycles. The first-order valence-electron chi connectivity index (χ1n) is 8.84. The van der Waals surface area contributed by atoms with Gasteiger partial charge in [-0.2, -0.15) is 5.10 Å². The van der Waals surface area contributed by atoms with Crippen molar-refractivity contribution in [3.8, 4) is 5.75 Å². The number of fused-ring (bicyclic) bond motifs is 1. The standard InChI is InChI=1S/C22H21N3O3/c1-15(18-8-5-9-20(12-18)23-16(2)26)24-25-22(27)14-28-21-11-10-17-6-3-4-7-19(17)13-21/h3-13H,14H2,1-2H3,(H,23,26)(H,25,27)/b24-15+. The van der Waals surface area contributed by atoms with E-state index < -0.39 is 0 Å². The highest BCUT2D eigenvalue weighted by atomic mass is 16.5. The predicted molar refractivity (Wildman–Crippen MR) is 111 cm³/mol. The lowest BCUT2D eigenvalue weighted by Crippen LogP contribution is -2.25. The molecule has 0 saturated heterocycles. The quantitative estimate of drug-likeness (QED) is 0.509. The fraction of sp³-hybridized carbons (Fsp3) is 0.136. The van der Waals surface area contributed by atoms with Crippen molar-refractivity contribution in [2.75, 3.05) is 11.9 Å². The first-order chi connectivity index (χ1) is 13.5. The van der Waals surface area contributed by atoms with E-state index in [1.807, 2.05) is 54.6 Å². The first kappa shape index (κ1) is 19.1. The van der Waals surface area contributed by atoms with Gasteiger partial charge in [-0.05, 0) is 47.5 Å². The maximum absolute atomic E-state index is 12.0. The molecule has 0 aliphatic heterocycles. The van der Waals surface area contributed by atoms with Gasteiger partial charge in [0.25, 0.3) is 5.91 Å². The number of amides is 2. The van der Waals surface area contributed by atoms with E-state index in [1.165, 1.54) is 6.92 Å². The Labute approximate surface area is 163 Å². The van der Waals surface area contributed by atoms with Crippen molar-refractivity contribution in [3.63, 3.8) is 0 Å².